The highest BCUT2D eigenvalue weighted by molar-refractivity contribution is 6.32. The second-order valence-electron chi connectivity index (χ2n) is 18.5. The summed E-state index contributed by atoms with van der Waals surface area (Å²) in [5, 5.41) is 3.68. The van der Waals surface area contributed by atoms with E-state index in [4.69, 9.17) is 47.4 Å². The minimum absolute atomic E-state index is 0.0379. The van der Waals surface area contributed by atoms with Gasteiger partial charge in [-0.25, -0.2) is 14.8 Å². The number of aromatic nitrogens is 4. The predicted molar refractivity (Wildman–Crippen MR) is 236 cm³/mol. The number of hydrogen-bond donors (Lipinski definition) is 3. The Morgan fingerprint density at radius 2 is 1.32 bits per heavy atom. The van der Waals surface area contributed by atoms with Gasteiger partial charge in [-0.2, -0.15) is 0 Å². The highest BCUT2D eigenvalue weighted by atomic mass is 35.5. The number of halogens is 2. The molecule has 3 aliphatic carbocycles. The fourth-order valence-electron chi connectivity index (χ4n) is 10.2. The highest BCUT2D eigenvalue weighted by Gasteiger charge is 2.78. The number of hydrogen-bond acceptors (Lipinski definition) is 8. The number of fused-ring (bicyclic) bond motifs is 1. The summed E-state index contributed by atoms with van der Waals surface area (Å²) >= 11 is 13.7. The molecule has 13 nitrogen and oxygen atoms in total. The van der Waals surface area contributed by atoms with Crippen molar-refractivity contribution in [2.75, 3.05) is 26.9 Å². The summed E-state index contributed by atoms with van der Waals surface area (Å²) < 4.78 is 16.4. The average Bonchev–Trinajstić information content (AvgIpc) is 4.14. The third-order valence-electron chi connectivity index (χ3n) is 14.7. The van der Waals surface area contributed by atoms with Crippen molar-refractivity contribution in [1.29, 1.82) is 0 Å². The monoisotopic (exact) mass is 885 g/mol. The van der Waals surface area contributed by atoms with Crippen LogP contribution < -0.4 is 5.32 Å². The van der Waals surface area contributed by atoms with Crippen molar-refractivity contribution in [1.82, 2.24) is 35.1 Å². The third-order valence-corrected chi connectivity index (χ3v) is 15.3. The molecule has 9 rings (SSSR count). The Balaban J connectivity index is 0.903. The zero-order valence-electron chi connectivity index (χ0n) is 36.3. The Hall–Kier alpha value is -4.43. The molecule has 5 fully saturated rings. The van der Waals surface area contributed by atoms with E-state index in [2.05, 4.69) is 36.1 Å². The van der Waals surface area contributed by atoms with Gasteiger partial charge in [-0.1, -0.05) is 92.5 Å². The summed E-state index contributed by atoms with van der Waals surface area (Å²) in [7, 11) is 1.31. The van der Waals surface area contributed by atoms with E-state index in [0.717, 1.165) is 47.9 Å². The quantitative estimate of drug-likeness (QED) is 0.120. The molecule has 0 radical (unpaired) electrons. The van der Waals surface area contributed by atoms with E-state index in [1.54, 1.807) is 0 Å². The maximum absolute atomic E-state index is 14.5. The van der Waals surface area contributed by atoms with Gasteiger partial charge in [-0.05, 0) is 92.6 Å². The number of carbonyl (C=O) groups excluding carboxylic acids is 3. The van der Waals surface area contributed by atoms with Gasteiger partial charge in [0.1, 0.15) is 45.5 Å². The topological polar surface area (TPSA) is 155 Å². The number of H-pyrrole nitrogens is 2. The number of benzene rings is 2. The Morgan fingerprint density at radius 1 is 0.806 bits per heavy atom. The van der Waals surface area contributed by atoms with Crippen molar-refractivity contribution < 1.29 is 28.6 Å². The molecule has 15 heteroatoms. The van der Waals surface area contributed by atoms with Crippen LogP contribution in [-0.4, -0.2) is 98.8 Å². The zero-order valence-corrected chi connectivity index (χ0v) is 37.8. The van der Waals surface area contributed by atoms with Crippen LogP contribution in [0, 0.1) is 29.1 Å². The molecule has 62 heavy (non-hydrogen) atoms. The maximum atomic E-state index is 14.5. The van der Waals surface area contributed by atoms with Crippen LogP contribution in [0.25, 0.3) is 33.6 Å². The van der Waals surface area contributed by atoms with Crippen LogP contribution in [0.3, 0.4) is 0 Å². The third kappa shape index (κ3) is 7.92. The van der Waals surface area contributed by atoms with E-state index in [-0.39, 0.29) is 41.3 Å². The molecule has 3 N–H and O–H groups in total. The minimum atomic E-state index is -0.740. The van der Waals surface area contributed by atoms with Gasteiger partial charge < -0.3 is 39.3 Å². The summed E-state index contributed by atoms with van der Waals surface area (Å²) in [6.07, 6.45) is 4.10. The smallest absolute Gasteiger partial charge is 0.407 e. The zero-order chi connectivity index (χ0) is 43.6. The Kier molecular flexibility index (Phi) is 11.7. The first-order valence-corrected chi connectivity index (χ1v) is 23.0. The van der Waals surface area contributed by atoms with Crippen molar-refractivity contribution in [2.24, 2.45) is 29.1 Å². The predicted octanol–water partition coefficient (Wildman–Crippen LogP) is 9.00. The van der Waals surface area contributed by atoms with E-state index in [1.165, 1.54) is 7.11 Å². The van der Waals surface area contributed by atoms with Gasteiger partial charge in [-0.15, -0.1) is 0 Å². The molecule has 4 aromatic rings. The van der Waals surface area contributed by atoms with Crippen LogP contribution in [0.4, 0.5) is 4.79 Å². The van der Waals surface area contributed by atoms with Crippen molar-refractivity contribution in [2.45, 2.75) is 109 Å². The number of amides is 3. The van der Waals surface area contributed by atoms with E-state index >= 15 is 0 Å². The van der Waals surface area contributed by atoms with Gasteiger partial charge >= 0.3 is 6.09 Å². The molecular weight excluding hydrogens is 829 g/mol. The molecule has 3 amide bonds. The molecule has 0 spiro atoms. The number of alkyl carbamates (subject to hydrolysis) is 1. The molecule has 0 bridgehead atoms. The molecule has 2 aromatic carbocycles. The van der Waals surface area contributed by atoms with Crippen molar-refractivity contribution in [3.63, 3.8) is 0 Å². The fraction of sp³-hybridized carbons (Fsp3) is 0.553. The molecule has 10 atom stereocenters. The minimum Gasteiger partial charge on any atom is -0.453 e. The van der Waals surface area contributed by atoms with Crippen LogP contribution in [-0.2, 0) is 23.8 Å². The lowest BCUT2D eigenvalue weighted by molar-refractivity contribution is -0.150. The number of ether oxygens (including phenoxy) is 3. The average molecular weight is 887 g/mol. The first-order chi connectivity index (χ1) is 29.8. The normalized spacial score (nSPS) is 27.9. The number of methoxy groups -OCH3 is 1. The van der Waals surface area contributed by atoms with Crippen LogP contribution >= 0.6 is 23.2 Å². The number of carbonyl (C=O) groups is 3. The molecule has 5 aliphatic rings. The van der Waals surface area contributed by atoms with Gasteiger partial charge in [0.25, 0.3) is 5.91 Å². The second-order valence-corrected chi connectivity index (χ2v) is 19.2. The number of nitrogens with zero attached hydrogens (tertiary/aromatic N) is 4. The standard InChI is InChI=1S/C47H57Cl2N7O6/c1-24-25(2)38(24)55(44(57)34-9-7-8-20-62-34)26(3)42-50-35(40(48)53-42)30-14-10-28(11-15-30)29-12-16-31(17-13-29)36-41(49)54-43(51-36)27(4)56(39-33-23-47(33,39)5)45(58)37(52-46(59)60-6)32-18-21-61-22-19-32/h10-17,24-27,32-34,37-39H,7-9,18-23H2,1-6H3,(H,50,53)(H,51,54)(H,52,59)/t24-,25+,26-,27-,33+,34+,37-,38?,39-,47+/m0/s1. The van der Waals surface area contributed by atoms with Crippen molar-refractivity contribution >= 4 is 41.1 Å². The van der Waals surface area contributed by atoms with E-state index < -0.39 is 24.3 Å². The lowest BCUT2D eigenvalue weighted by atomic mass is 9.90. The largest absolute Gasteiger partial charge is 0.453 e. The Labute approximate surface area is 373 Å². The van der Waals surface area contributed by atoms with Gasteiger partial charge in [0, 0.05) is 43.0 Å². The van der Waals surface area contributed by atoms with Gasteiger partial charge in [0.05, 0.1) is 19.2 Å². The number of imidazole rings is 2. The molecule has 2 aromatic heterocycles. The fourth-order valence-corrected chi connectivity index (χ4v) is 10.7. The number of rotatable bonds is 13. The lowest BCUT2D eigenvalue weighted by Gasteiger charge is -2.38. The lowest BCUT2D eigenvalue weighted by Crippen LogP contribution is -2.55. The van der Waals surface area contributed by atoms with Crippen molar-refractivity contribution in [3.8, 4) is 33.6 Å². The Morgan fingerprint density at radius 3 is 1.77 bits per heavy atom. The SMILES string of the molecule is COC(=O)N[C@H](C(=O)N([C@H]1[C@H]2C[C@]21C)[C@@H](C)c1nc(-c2ccc(-c3ccc(-c4nc([C@H](C)N(C(=O)[C@H]5CCCCO5)C5[C@@H](C)[C@H]5C)[nH]c4Cl)cc3)cc2)c(Cl)[nH]1)C1CCOCC1. The number of aromatic amines is 2. The van der Waals surface area contributed by atoms with E-state index in [1.807, 2.05) is 72.2 Å². The van der Waals surface area contributed by atoms with Gasteiger partial charge in [0.15, 0.2) is 0 Å². The second kappa shape index (κ2) is 16.9. The highest BCUT2D eigenvalue weighted by Crippen LogP contribution is 2.77. The molecule has 3 saturated carbocycles. The van der Waals surface area contributed by atoms with Crippen LogP contribution in [0.2, 0.25) is 10.3 Å². The van der Waals surface area contributed by atoms with Crippen LogP contribution in [0.1, 0.15) is 96.9 Å². The molecular formula is C47H57Cl2N7O6. The first-order valence-electron chi connectivity index (χ1n) is 22.2. The molecule has 1 unspecified atom stereocenters. The van der Waals surface area contributed by atoms with Gasteiger partial charge in [0.2, 0.25) is 5.91 Å². The summed E-state index contributed by atoms with van der Waals surface area (Å²) in [6, 6.07) is 14.9. The van der Waals surface area contributed by atoms with Gasteiger partial charge in [-0.3, -0.25) is 9.59 Å². The maximum Gasteiger partial charge on any atom is 0.407 e. The summed E-state index contributed by atoms with van der Waals surface area (Å²) in [6.45, 7) is 12.3. The van der Waals surface area contributed by atoms with E-state index in [9.17, 15) is 14.4 Å². The number of nitrogens with one attached hydrogen (secondary N) is 3. The van der Waals surface area contributed by atoms with Crippen molar-refractivity contribution in [3.05, 3.63) is 70.5 Å². The molecule has 2 aliphatic heterocycles. The molecule has 330 valence electrons. The molecule has 4 heterocycles. The Bertz CT molecular complexity index is 2300. The van der Waals surface area contributed by atoms with E-state index in [0.29, 0.717) is 83.8 Å². The first kappa shape index (κ1) is 42.9. The summed E-state index contributed by atoms with van der Waals surface area (Å²) in [5.74, 6) is 2.31. The van der Waals surface area contributed by atoms with Crippen LogP contribution in [0.15, 0.2) is 48.5 Å². The summed E-state index contributed by atoms with van der Waals surface area (Å²) in [4.78, 5) is 61.3. The summed E-state index contributed by atoms with van der Waals surface area (Å²) in [5.41, 5.74) is 5.02. The molecule has 2 saturated heterocycles. The van der Waals surface area contributed by atoms with Crippen LogP contribution in [0.5, 0.6) is 0 Å².